The number of hydrogen-bond donors (Lipinski definition) is 2. The smallest absolute Gasteiger partial charge is 0.232 e. The summed E-state index contributed by atoms with van der Waals surface area (Å²) < 4.78 is 0. The molecule has 0 saturated heterocycles. The van der Waals surface area contributed by atoms with E-state index < -0.39 is 0 Å². The third kappa shape index (κ3) is 3.99. The highest BCUT2D eigenvalue weighted by Crippen LogP contribution is 2.26. The van der Waals surface area contributed by atoms with E-state index >= 15 is 0 Å². The largest absolute Gasteiger partial charge is 0.353 e. The Bertz CT molecular complexity index is 579. The summed E-state index contributed by atoms with van der Waals surface area (Å²) in [5.41, 5.74) is 8.02. The Balaban J connectivity index is 1.79. The fourth-order valence-corrected chi connectivity index (χ4v) is 3.33. The van der Waals surface area contributed by atoms with Gasteiger partial charge in [0.15, 0.2) is 0 Å². The zero-order valence-electron chi connectivity index (χ0n) is 13.3. The van der Waals surface area contributed by atoms with E-state index in [0.717, 1.165) is 36.8 Å². The Morgan fingerprint density at radius 1 is 0.870 bits per heavy atom. The first-order valence-electron chi connectivity index (χ1n) is 8.40. The number of carbonyl (C=O) groups is 1. The average molecular weight is 308 g/mol. The summed E-state index contributed by atoms with van der Waals surface area (Å²) in [5.74, 6) is -0.170. The Kier molecular flexibility index (Phi) is 5.09. The van der Waals surface area contributed by atoms with Gasteiger partial charge in [0.1, 0.15) is 0 Å². The van der Waals surface area contributed by atoms with Crippen LogP contribution in [0.2, 0.25) is 0 Å². The van der Waals surface area contributed by atoms with Gasteiger partial charge >= 0.3 is 0 Å². The van der Waals surface area contributed by atoms with Crippen LogP contribution in [0.25, 0.3) is 0 Å². The van der Waals surface area contributed by atoms with Gasteiger partial charge in [-0.2, -0.15) is 0 Å². The second kappa shape index (κ2) is 7.42. The van der Waals surface area contributed by atoms with Crippen molar-refractivity contribution in [3.8, 4) is 0 Å². The van der Waals surface area contributed by atoms with Crippen LogP contribution in [0.5, 0.6) is 0 Å². The van der Waals surface area contributed by atoms with E-state index in [1.807, 2.05) is 60.7 Å². The lowest BCUT2D eigenvalue weighted by molar-refractivity contribution is -0.122. The van der Waals surface area contributed by atoms with Gasteiger partial charge in [-0.3, -0.25) is 4.79 Å². The second-order valence-electron chi connectivity index (χ2n) is 6.37. The minimum atomic E-state index is -0.256. The van der Waals surface area contributed by atoms with Crippen LogP contribution < -0.4 is 11.1 Å². The normalized spacial score (nSPS) is 21.1. The molecule has 0 unspecified atom stereocenters. The Morgan fingerprint density at radius 2 is 1.35 bits per heavy atom. The molecule has 120 valence electrons. The quantitative estimate of drug-likeness (QED) is 0.911. The molecule has 1 aliphatic rings. The van der Waals surface area contributed by atoms with E-state index in [2.05, 4.69) is 5.32 Å². The van der Waals surface area contributed by atoms with E-state index in [9.17, 15) is 4.79 Å². The minimum absolute atomic E-state index is 0.0860. The lowest BCUT2D eigenvalue weighted by Crippen LogP contribution is -2.42. The topological polar surface area (TPSA) is 55.1 Å². The highest BCUT2D eigenvalue weighted by Gasteiger charge is 2.26. The van der Waals surface area contributed by atoms with Gasteiger partial charge in [0, 0.05) is 12.1 Å². The zero-order chi connectivity index (χ0) is 16.1. The number of hydrogen-bond acceptors (Lipinski definition) is 2. The first-order valence-corrected chi connectivity index (χ1v) is 8.40. The molecular weight excluding hydrogens is 284 g/mol. The highest BCUT2D eigenvalue weighted by molar-refractivity contribution is 5.87. The van der Waals surface area contributed by atoms with Gasteiger partial charge in [0.25, 0.3) is 0 Å². The number of rotatable bonds is 4. The van der Waals surface area contributed by atoms with E-state index in [-0.39, 0.29) is 17.9 Å². The van der Waals surface area contributed by atoms with Gasteiger partial charge in [-0.1, -0.05) is 60.7 Å². The molecule has 1 saturated carbocycles. The Hall–Kier alpha value is -2.13. The predicted molar refractivity (Wildman–Crippen MR) is 93.1 cm³/mol. The van der Waals surface area contributed by atoms with Crippen LogP contribution in [-0.2, 0) is 4.79 Å². The van der Waals surface area contributed by atoms with Crippen LogP contribution in [-0.4, -0.2) is 18.0 Å². The lowest BCUT2D eigenvalue weighted by atomic mass is 9.88. The molecule has 0 radical (unpaired) electrons. The molecule has 0 atom stereocenters. The van der Waals surface area contributed by atoms with Crippen LogP contribution >= 0.6 is 0 Å². The summed E-state index contributed by atoms with van der Waals surface area (Å²) in [4.78, 5) is 13.0. The molecule has 3 N–H and O–H groups in total. The fraction of sp³-hybridized carbons (Fsp3) is 0.350. The molecule has 0 heterocycles. The minimum Gasteiger partial charge on any atom is -0.353 e. The second-order valence-corrected chi connectivity index (χ2v) is 6.37. The number of benzene rings is 2. The molecule has 0 bridgehead atoms. The predicted octanol–water partition coefficient (Wildman–Crippen LogP) is 3.20. The highest BCUT2D eigenvalue weighted by atomic mass is 16.1. The molecule has 1 aliphatic carbocycles. The first-order chi connectivity index (χ1) is 11.2. The lowest BCUT2D eigenvalue weighted by Gasteiger charge is -2.28. The molecule has 23 heavy (non-hydrogen) atoms. The molecule has 1 amide bonds. The van der Waals surface area contributed by atoms with E-state index in [0.29, 0.717) is 6.04 Å². The molecule has 0 aliphatic heterocycles. The summed E-state index contributed by atoms with van der Waals surface area (Å²) in [6, 6.07) is 20.5. The molecule has 2 aromatic carbocycles. The third-order valence-corrected chi connectivity index (χ3v) is 4.65. The van der Waals surface area contributed by atoms with Crippen molar-refractivity contribution < 1.29 is 4.79 Å². The SMILES string of the molecule is NC1CCC(NC(=O)C(c2ccccc2)c2ccccc2)CC1. The summed E-state index contributed by atoms with van der Waals surface area (Å²) in [6.45, 7) is 0. The summed E-state index contributed by atoms with van der Waals surface area (Å²) in [7, 11) is 0. The molecule has 0 spiro atoms. The number of nitrogens with two attached hydrogens (primary N) is 1. The average Bonchev–Trinajstić information content (AvgIpc) is 2.59. The van der Waals surface area contributed by atoms with Crippen molar-refractivity contribution in [2.24, 2.45) is 5.73 Å². The van der Waals surface area contributed by atoms with Gasteiger partial charge in [0.05, 0.1) is 5.92 Å². The van der Waals surface area contributed by atoms with Crippen molar-refractivity contribution in [2.75, 3.05) is 0 Å². The maximum Gasteiger partial charge on any atom is 0.232 e. The number of carbonyl (C=O) groups excluding carboxylic acids is 1. The number of amides is 1. The standard InChI is InChI=1S/C20H24N2O/c21-17-11-13-18(14-12-17)22-20(23)19(15-7-3-1-4-8-15)16-9-5-2-6-10-16/h1-10,17-19H,11-14,21H2,(H,22,23). The van der Waals surface area contributed by atoms with Crippen LogP contribution in [0, 0.1) is 0 Å². The van der Waals surface area contributed by atoms with E-state index in [4.69, 9.17) is 5.73 Å². The van der Waals surface area contributed by atoms with Crippen molar-refractivity contribution in [1.82, 2.24) is 5.32 Å². The van der Waals surface area contributed by atoms with Crippen LogP contribution in [0.4, 0.5) is 0 Å². The molecule has 3 nitrogen and oxygen atoms in total. The fourth-order valence-electron chi connectivity index (χ4n) is 3.33. The van der Waals surface area contributed by atoms with Crippen LogP contribution in [0.1, 0.15) is 42.7 Å². The van der Waals surface area contributed by atoms with Crippen molar-refractivity contribution in [2.45, 2.75) is 43.7 Å². The number of nitrogens with one attached hydrogen (secondary N) is 1. The zero-order valence-corrected chi connectivity index (χ0v) is 13.3. The van der Waals surface area contributed by atoms with Crippen molar-refractivity contribution in [1.29, 1.82) is 0 Å². The molecule has 3 rings (SSSR count). The molecule has 3 heteroatoms. The maximum atomic E-state index is 13.0. The van der Waals surface area contributed by atoms with E-state index in [1.54, 1.807) is 0 Å². The van der Waals surface area contributed by atoms with Crippen LogP contribution in [0.3, 0.4) is 0 Å². The maximum absolute atomic E-state index is 13.0. The monoisotopic (exact) mass is 308 g/mol. The molecule has 0 aromatic heterocycles. The van der Waals surface area contributed by atoms with Crippen molar-refractivity contribution in [3.63, 3.8) is 0 Å². The van der Waals surface area contributed by atoms with E-state index in [1.165, 1.54) is 0 Å². The van der Waals surface area contributed by atoms with Crippen LogP contribution in [0.15, 0.2) is 60.7 Å². The van der Waals surface area contributed by atoms with Gasteiger partial charge in [-0.05, 0) is 36.8 Å². The Morgan fingerprint density at radius 3 is 1.83 bits per heavy atom. The van der Waals surface area contributed by atoms with Gasteiger partial charge < -0.3 is 11.1 Å². The molecular formula is C20H24N2O. The van der Waals surface area contributed by atoms with Gasteiger partial charge in [-0.15, -0.1) is 0 Å². The van der Waals surface area contributed by atoms with Crippen molar-refractivity contribution >= 4 is 5.91 Å². The summed E-state index contributed by atoms with van der Waals surface area (Å²) >= 11 is 0. The van der Waals surface area contributed by atoms with Gasteiger partial charge in [-0.25, -0.2) is 0 Å². The summed E-state index contributed by atoms with van der Waals surface area (Å²) in [5, 5.41) is 3.24. The third-order valence-electron chi connectivity index (χ3n) is 4.65. The molecule has 2 aromatic rings. The Labute approximate surface area is 137 Å². The van der Waals surface area contributed by atoms with Crippen molar-refractivity contribution in [3.05, 3.63) is 71.8 Å². The summed E-state index contributed by atoms with van der Waals surface area (Å²) in [6.07, 6.45) is 3.94. The molecule has 1 fully saturated rings. The van der Waals surface area contributed by atoms with Gasteiger partial charge in [0.2, 0.25) is 5.91 Å². The first kappa shape index (κ1) is 15.8.